The highest BCUT2D eigenvalue weighted by molar-refractivity contribution is 9.10. The number of benzene rings is 1. The number of imide groups is 1. The van der Waals surface area contributed by atoms with E-state index in [4.69, 9.17) is 20.3 Å². The van der Waals surface area contributed by atoms with Gasteiger partial charge in [-0.25, -0.2) is 9.59 Å². The van der Waals surface area contributed by atoms with Crippen molar-refractivity contribution in [2.45, 2.75) is 6.54 Å². The molecule has 1 N–H and O–H groups in total. The summed E-state index contributed by atoms with van der Waals surface area (Å²) in [5.74, 6) is 2.22. The van der Waals surface area contributed by atoms with Crippen molar-refractivity contribution >= 4 is 39.9 Å². The number of hydrogen-bond acceptors (Lipinski definition) is 7. The number of carbonyl (C=O) groups excluding carboxylic acids is 3. The van der Waals surface area contributed by atoms with Gasteiger partial charge in [-0.05, 0) is 35.9 Å². The van der Waals surface area contributed by atoms with E-state index in [9.17, 15) is 14.4 Å². The summed E-state index contributed by atoms with van der Waals surface area (Å²) >= 11 is 3.41. The largest absolute Gasteiger partial charge is 0.493 e. The third-order valence-corrected chi connectivity index (χ3v) is 4.91. The second kappa shape index (κ2) is 9.40. The first kappa shape index (κ1) is 22.0. The highest BCUT2D eigenvalue weighted by atomic mass is 79.9. The Hall–Kier alpha value is -3.71. The number of urea groups is 1. The highest BCUT2D eigenvalue weighted by Gasteiger charge is 2.34. The number of esters is 1. The Labute approximate surface area is 186 Å². The van der Waals surface area contributed by atoms with Gasteiger partial charge in [-0.2, -0.15) is 0 Å². The number of terminal acetylenes is 1. The first-order chi connectivity index (χ1) is 14.9. The van der Waals surface area contributed by atoms with E-state index in [-0.39, 0.29) is 30.4 Å². The average molecular weight is 489 g/mol. The molecule has 160 valence electrons. The minimum Gasteiger partial charge on any atom is -0.493 e. The van der Waals surface area contributed by atoms with Gasteiger partial charge in [0.05, 0.1) is 20.8 Å². The molecule has 0 radical (unpaired) electrons. The van der Waals surface area contributed by atoms with Crippen molar-refractivity contribution in [1.29, 1.82) is 0 Å². The minimum atomic E-state index is -0.655. The summed E-state index contributed by atoms with van der Waals surface area (Å²) in [6.45, 7) is -0.0838. The summed E-state index contributed by atoms with van der Waals surface area (Å²) in [5.41, 5.74) is 0.631. The molecule has 0 spiro atoms. The lowest BCUT2D eigenvalue weighted by molar-refractivity contribution is -0.123. The zero-order chi connectivity index (χ0) is 22.5. The topological polar surface area (TPSA) is 107 Å². The van der Waals surface area contributed by atoms with Gasteiger partial charge in [0.25, 0.3) is 5.91 Å². The van der Waals surface area contributed by atoms with Crippen LogP contribution in [0.2, 0.25) is 0 Å². The zero-order valence-electron chi connectivity index (χ0n) is 16.6. The van der Waals surface area contributed by atoms with Crippen LogP contribution in [0.25, 0.3) is 6.08 Å². The molecular formula is C21H17BrN2O7. The molecule has 1 aromatic heterocycles. The van der Waals surface area contributed by atoms with Crippen molar-refractivity contribution in [3.63, 3.8) is 0 Å². The number of furan rings is 1. The molecule has 1 fully saturated rings. The van der Waals surface area contributed by atoms with Crippen molar-refractivity contribution in [1.82, 2.24) is 10.2 Å². The molecule has 0 atom stereocenters. The maximum absolute atomic E-state index is 12.7. The second-order valence-electron chi connectivity index (χ2n) is 6.15. The van der Waals surface area contributed by atoms with Crippen LogP contribution in [-0.2, 0) is 16.1 Å². The van der Waals surface area contributed by atoms with Gasteiger partial charge >= 0.3 is 12.0 Å². The lowest BCUT2D eigenvalue weighted by Crippen LogP contribution is -2.30. The van der Waals surface area contributed by atoms with Crippen LogP contribution in [0.15, 0.2) is 38.9 Å². The summed E-state index contributed by atoms with van der Waals surface area (Å²) in [7, 11) is 2.69. The molecule has 9 nitrogen and oxygen atoms in total. The summed E-state index contributed by atoms with van der Waals surface area (Å²) in [6, 6.07) is 5.57. The van der Waals surface area contributed by atoms with Gasteiger partial charge in [0.2, 0.25) is 5.76 Å². The minimum absolute atomic E-state index is 0.0245. The predicted octanol–water partition coefficient (Wildman–Crippen LogP) is 2.94. The lowest BCUT2D eigenvalue weighted by Gasteiger charge is -2.11. The van der Waals surface area contributed by atoms with Gasteiger partial charge in [0.1, 0.15) is 18.1 Å². The Bertz CT molecular complexity index is 1110. The molecule has 1 aliphatic heterocycles. The maximum atomic E-state index is 12.7. The van der Waals surface area contributed by atoms with Crippen LogP contribution in [0.3, 0.4) is 0 Å². The van der Waals surface area contributed by atoms with E-state index in [0.717, 1.165) is 4.90 Å². The van der Waals surface area contributed by atoms with E-state index in [1.165, 1.54) is 32.4 Å². The maximum Gasteiger partial charge on any atom is 0.373 e. The zero-order valence-corrected chi connectivity index (χ0v) is 18.1. The summed E-state index contributed by atoms with van der Waals surface area (Å²) in [5, 5.41) is 2.52. The number of halogens is 1. The van der Waals surface area contributed by atoms with Crippen LogP contribution < -0.4 is 14.8 Å². The molecule has 31 heavy (non-hydrogen) atoms. The Kier molecular flexibility index (Phi) is 6.67. The smallest absolute Gasteiger partial charge is 0.373 e. The number of amides is 3. The van der Waals surface area contributed by atoms with Crippen molar-refractivity contribution in [3.8, 4) is 23.8 Å². The lowest BCUT2D eigenvalue weighted by atomic mass is 10.1. The van der Waals surface area contributed by atoms with E-state index in [2.05, 4.69) is 31.9 Å². The Morgan fingerprint density at radius 3 is 2.74 bits per heavy atom. The van der Waals surface area contributed by atoms with E-state index < -0.39 is 17.9 Å². The van der Waals surface area contributed by atoms with Crippen LogP contribution in [0.1, 0.15) is 21.9 Å². The van der Waals surface area contributed by atoms with Crippen LogP contribution in [0, 0.1) is 12.3 Å². The monoisotopic (exact) mass is 488 g/mol. The van der Waals surface area contributed by atoms with Crippen LogP contribution in [0.5, 0.6) is 11.5 Å². The van der Waals surface area contributed by atoms with Gasteiger partial charge in [0.15, 0.2) is 11.5 Å². The number of nitrogens with one attached hydrogen (secondary N) is 1. The molecule has 1 aliphatic rings. The quantitative estimate of drug-likeness (QED) is 0.276. The van der Waals surface area contributed by atoms with E-state index in [1.807, 2.05) is 0 Å². The molecule has 10 heteroatoms. The SMILES string of the molecule is C#CCOc1cc(Br)c(C=C2NC(=O)N(Cc3ccc(C(=O)OC)o3)C2=O)cc1OC. The van der Waals surface area contributed by atoms with Gasteiger partial charge in [-0.15, -0.1) is 6.42 Å². The molecule has 2 aromatic rings. The first-order valence-electron chi connectivity index (χ1n) is 8.83. The summed E-state index contributed by atoms with van der Waals surface area (Å²) < 4.78 is 21.2. The van der Waals surface area contributed by atoms with Crippen LogP contribution in [0.4, 0.5) is 4.79 Å². The number of ether oxygens (including phenoxy) is 3. The fourth-order valence-corrected chi connectivity index (χ4v) is 3.19. The molecule has 3 rings (SSSR count). The Morgan fingerprint density at radius 2 is 2.06 bits per heavy atom. The van der Waals surface area contributed by atoms with Crippen LogP contribution in [-0.4, -0.2) is 43.6 Å². The van der Waals surface area contributed by atoms with Crippen molar-refractivity contribution in [2.24, 2.45) is 0 Å². The highest BCUT2D eigenvalue weighted by Crippen LogP contribution is 2.35. The van der Waals surface area contributed by atoms with E-state index >= 15 is 0 Å². The van der Waals surface area contributed by atoms with Crippen molar-refractivity contribution in [3.05, 3.63) is 51.5 Å². The number of carbonyl (C=O) groups is 3. The standard InChI is InChI=1S/C21H17BrN2O7/c1-4-7-30-18-10-14(22)12(9-17(18)28-2)8-15-19(25)24(21(27)23-15)11-13-5-6-16(31-13)20(26)29-3/h1,5-6,8-10H,7,11H2,2-3H3,(H,23,27). The fraction of sp³-hybridized carbons (Fsp3) is 0.190. The normalized spacial score (nSPS) is 14.4. The average Bonchev–Trinajstić information content (AvgIpc) is 3.33. The molecule has 0 aliphatic carbocycles. The molecule has 0 unspecified atom stereocenters. The third kappa shape index (κ3) is 4.73. The molecule has 1 aromatic carbocycles. The molecular weight excluding hydrogens is 472 g/mol. The fourth-order valence-electron chi connectivity index (χ4n) is 2.75. The number of nitrogens with zero attached hydrogens (tertiary/aromatic N) is 1. The first-order valence-corrected chi connectivity index (χ1v) is 9.62. The third-order valence-electron chi connectivity index (χ3n) is 4.22. The Balaban J connectivity index is 1.82. The number of rotatable bonds is 7. The summed E-state index contributed by atoms with van der Waals surface area (Å²) in [6.07, 6.45) is 6.72. The van der Waals surface area contributed by atoms with Crippen molar-refractivity contribution < 1.29 is 33.0 Å². The molecule has 0 saturated carbocycles. The van der Waals surface area contributed by atoms with Crippen LogP contribution >= 0.6 is 15.9 Å². The summed E-state index contributed by atoms with van der Waals surface area (Å²) in [4.78, 5) is 37.5. The van der Waals surface area contributed by atoms with Gasteiger partial charge in [0, 0.05) is 4.47 Å². The van der Waals surface area contributed by atoms with Gasteiger partial charge in [-0.1, -0.05) is 21.9 Å². The predicted molar refractivity (Wildman–Crippen MR) is 112 cm³/mol. The van der Waals surface area contributed by atoms with Crippen molar-refractivity contribution in [2.75, 3.05) is 20.8 Å². The Morgan fingerprint density at radius 1 is 1.29 bits per heavy atom. The van der Waals surface area contributed by atoms with E-state index in [1.54, 1.807) is 12.1 Å². The van der Waals surface area contributed by atoms with Gasteiger partial charge < -0.3 is 23.9 Å². The number of methoxy groups -OCH3 is 2. The number of hydrogen-bond donors (Lipinski definition) is 1. The molecule has 0 bridgehead atoms. The molecule has 3 amide bonds. The van der Waals surface area contributed by atoms with E-state index in [0.29, 0.717) is 21.5 Å². The molecule has 1 saturated heterocycles. The second-order valence-corrected chi connectivity index (χ2v) is 7.01. The molecule has 2 heterocycles. The van der Waals surface area contributed by atoms with Gasteiger partial charge in [-0.3, -0.25) is 9.69 Å².